The quantitative estimate of drug-likeness (QED) is 0.549. The van der Waals surface area contributed by atoms with E-state index in [4.69, 9.17) is 10.5 Å². The van der Waals surface area contributed by atoms with Crippen molar-refractivity contribution in [1.29, 1.82) is 0 Å². The molecule has 1 aromatic heterocycles. The number of nitrogens with zero attached hydrogens (tertiary/aromatic N) is 4. The zero-order valence-electron chi connectivity index (χ0n) is 18.2. The summed E-state index contributed by atoms with van der Waals surface area (Å²) in [6.45, 7) is 6.52. The predicted molar refractivity (Wildman–Crippen MR) is 126 cm³/mol. The molecule has 8 heteroatoms. The van der Waals surface area contributed by atoms with Crippen molar-refractivity contribution in [2.45, 2.75) is 13.5 Å². The van der Waals surface area contributed by atoms with Gasteiger partial charge in [0.1, 0.15) is 12.0 Å². The van der Waals surface area contributed by atoms with Crippen LogP contribution in [0.3, 0.4) is 0 Å². The number of carbonyl (C=O) groups is 1. The Morgan fingerprint density at radius 1 is 1.03 bits per heavy atom. The van der Waals surface area contributed by atoms with Crippen LogP contribution in [0.25, 0.3) is 0 Å². The van der Waals surface area contributed by atoms with Crippen molar-refractivity contribution in [3.63, 3.8) is 0 Å². The molecule has 166 valence electrons. The number of benzene rings is 2. The molecule has 0 unspecified atom stereocenters. The molecule has 0 spiro atoms. The van der Waals surface area contributed by atoms with Gasteiger partial charge in [-0.2, -0.15) is 0 Å². The number of carbonyl (C=O) groups excluding carboxylic acids is 1. The van der Waals surface area contributed by atoms with Gasteiger partial charge < -0.3 is 20.7 Å². The first-order chi connectivity index (χ1) is 15.7. The van der Waals surface area contributed by atoms with E-state index in [2.05, 4.69) is 49.4 Å². The summed E-state index contributed by atoms with van der Waals surface area (Å²) in [5.74, 6) is 0.784. The second-order valence-electron chi connectivity index (χ2n) is 7.60. The fourth-order valence-electron chi connectivity index (χ4n) is 3.80. The Bertz CT molecular complexity index is 1050. The average molecular weight is 433 g/mol. The van der Waals surface area contributed by atoms with Crippen molar-refractivity contribution in [2.75, 3.05) is 48.7 Å². The minimum absolute atomic E-state index is 0.309. The molecule has 1 aliphatic rings. The van der Waals surface area contributed by atoms with Crippen molar-refractivity contribution >= 4 is 29.0 Å². The Balaban J connectivity index is 1.45. The molecule has 2 aromatic carbocycles. The molecule has 0 amide bonds. The van der Waals surface area contributed by atoms with Gasteiger partial charge in [-0.25, -0.2) is 14.8 Å². The number of piperazine rings is 1. The molecule has 3 aromatic rings. The van der Waals surface area contributed by atoms with Crippen LogP contribution < -0.4 is 16.0 Å². The zero-order valence-corrected chi connectivity index (χ0v) is 18.2. The minimum Gasteiger partial charge on any atom is -0.462 e. The highest BCUT2D eigenvalue weighted by molar-refractivity contribution is 5.97. The molecular formula is C24H28N6O2. The van der Waals surface area contributed by atoms with Crippen LogP contribution >= 0.6 is 0 Å². The first-order valence-electron chi connectivity index (χ1n) is 10.8. The maximum atomic E-state index is 12.3. The number of nitrogen functional groups attached to an aromatic ring is 1. The standard InChI is InChI=1S/C24H28N6O2/c1-2-32-24(31)19-10-6-7-11-20(19)28-22-21(25)23(27-17-26-22)30-14-12-29(13-15-30)16-18-8-4-3-5-9-18/h3-11,17H,2,12-16,25H2,1H3,(H,26,27,28). The largest absolute Gasteiger partial charge is 0.462 e. The van der Waals surface area contributed by atoms with E-state index in [9.17, 15) is 4.79 Å². The lowest BCUT2D eigenvalue weighted by Crippen LogP contribution is -2.46. The van der Waals surface area contributed by atoms with Gasteiger partial charge in [0.05, 0.1) is 17.9 Å². The van der Waals surface area contributed by atoms with Crippen LogP contribution in [0.1, 0.15) is 22.8 Å². The third-order valence-electron chi connectivity index (χ3n) is 5.46. The molecule has 3 N–H and O–H groups in total. The maximum Gasteiger partial charge on any atom is 0.340 e. The van der Waals surface area contributed by atoms with Crippen molar-refractivity contribution in [2.24, 2.45) is 0 Å². The molecule has 32 heavy (non-hydrogen) atoms. The summed E-state index contributed by atoms with van der Waals surface area (Å²) in [6, 6.07) is 17.6. The van der Waals surface area contributed by atoms with Gasteiger partial charge in [-0.05, 0) is 24.6 Å². The lowest BCUT2D eigenvalue weighted by Gasteiger charge is -2.36. The Hall–Kier alpha value is -3.65. The van der Waals surface area contributed by atoms with Crippen LogP contribution in [-0.2, 0) is 11.3 Å². The molecule has 1 fully saturated rings. The molecule has 1 saturated heterocycles. The Kier molecular flexibility index (Phi) is 6.81. The number of esters is 1. The summed E-state index contributed by atoms with van der Waals surface area (Å²) in [5.41, 5.74) is 9.25. The number of hydrogen-bond acceptors (Lipinski definition) is 8. The highest BCUT2D eigenvalue weighted by Gasteiger charge is 2.22. The molecule has 0 aliphatic carbocycles. The maximum absolute atomic E-state index is 12.3. The van der Waals surface area contributed by atoms with Crippen LogP contribution in [0, 0.1) is 0 Å². The third-order valence-corrected chi connectivity index (χ3v) is 5.46. The van der Waals surface area contributed by atoms with Gasteiger partial charge in [-0.3, -0.25) is 4.90 Å². The van der Waals surface area contributed by atoms with Crippen LogP contribution in [0.5, 0.6) is 0 Å². The minimum atomic E-state index is -0.391. The van der Waals surface area contributed by atoms with E-state index < -0.39 is 5.97 Å². The Morgan fingerprint density at radius 3 is 2.50 bits per heavy atom. The molecule has 0 bridgehead atoms. The highest BCUT2D eigenvalue weighted by Crippen LogP contribution is 2.30. The summed E-state index contributed by atoms with van der Waals surface area (Å²) in [6.07, 6.45) is 1.50. The number of aromatic nitrogens is 2. The molecule has 1 aliphatic heterocycles. The van der Waals surface area contributed by atoms with Crippen molar-refractivity contribution in [1.82, 2.24) is 14.9 Å². The topological polar surface area (TPSA) is 96.6 Å². The number of anilines is 4. The van der Waals surface area contributed by atoms with E-state index in [1.54, 1.807) is 25.1 Å². The Labute approximate surface area is 188 Å². The number of para-hydroxylation sites is 1. The molecule has 4 rings (SSSR count). The number of nitrogens with two attached hydrogens (primary N) is 1. The normalized spacial score (nSPS) is 14.2. The lowest BCUT2D eigenvalue weighted by atomic mass is 10.1. The number of hydrogen-bond donors (Lipinski definition) is 2. The van der Waals surface area contributed by atoms with Gasteiger partial charge in [0.25, 0.3) is 0 Å². The van der Waals surface area contributed by atoms with Crippen molar-refractivity contribution in [3.8, 4) is 0 Å². The summed E-state index contributed by atoms with van der Waals surface area (Å²) in [4.78, 5) is 25.6. The van der Waals surface area contributed by atoms with E-state index in [0.717, 1.165) is 32.7 Å². The van der Waals surface area contributed by atoms with Gasteiger partial charge in [-0.1, -0.05) is 42.5 Å². The number of rotatable bonds is 7. The van der Waals surface area contributed by atoms with Crippen LogP contribution in [0.4, 0.5) is 23.0 Å². The predicted octanol–water partition coefficient (Wildman–Crippen LogP) is 3.30. The molecule has 0 saturated carbocycles. The molecule has 8 nitrogen and oxygen atoms in total. The first-order valence-corrected chi connectivity index (χ1v) is 10.8. The first kappa shape index (κ1) is 21.6. The van der Waals surface area contributed by atoms with E-state index in [0.29, 0.717) is 35.2 Å². The summed E-state index contributed by atoms with van der Waals surface area (Å²) in [5, 5.41) is 3.19. The molecule has 2 heterocycles. The second-order valence-corrected chi connectivity index (χ2v) is 7.60. The van der Waals surface area contributed by atoms with Gasteiger partial charge >= 0.3 is 5.97 Å². The highest BCUT2D eigenvalue weighted by atomic mass is 16.5. The van der Waals surface area contributed by atoms with E-state index >= 15 is 0 Å². The second kappa shape index (κ2) is 10.1. The monoisotopic (exact) mass is 432 g/mol. The number of ether oxygens (including phenoxy) is 1. The fourth-order valence-corrected chi connectivity index (χ4v) is 3.80. The summed E-state index contributed by atoms with van der Waals surface area (Å²) >= 11 is 0. The van der Waals surface area contributed by atoms with Crippen molar-refractivity contribution in [3.05, 3.63) is 72.1 Å². The van der Waals surface area contributed by atoms with Gasteiger partial charge in [-0.15, -0.1) is 0 Å². The lowest BCUT2D eigenvalue weighted by molar-refractivity contribution is 0.0527. The zero-order chi connectivity index (χ0) is 22.3. The van der Waals surface area contributed by atoms with E-state index in [1.807, 2.05) is 12.1 Å². The van der Waals surface area contributed by atoms with Gasteiger partial charge in [0.15, 0.2) is 11.6 Å². The van der Waals surface area contributed by atoms with Gasteiger partial charge in [0.2, 0.25) is 0 Å². The molecule has 0 radical (unpaired) electrons. The molecule has 0 atom stereocenters. The smallest absolute Gasteiger partial charge is 0.340 e. The summed E-state index contributed by atoms with van der Waals surface area (Å²) < 4.78 is 5.15. The van der Waals surface area contributed by atoms with E-state index in [-0.39, 0.29) is 0 Å². The Morgan fingerprint density at radius 2 is 1.75 bits per heavy atom. The van der Waals surface area contributed by atoms with E-state index in [1.165, 1.54) is 11.9 Å². The van der Waals surface area contributed by atoms with Crippen LogP contribution in [0.2, 0.25) is 0 Å². The SMILES string of the molecule is CCOC(=O)c1ccccc1Nc1ncnc(N2CCN(Cc3ccccc3)CC2)c1N. The van der Waals surface area contributed by atoms with Crippen LogP contribution in [0.15, 0.2) is 60.9 Å². The van der Waals surface area contributed by atoms with Crippen LogP contribution in [-0.4, -0.2) is 53.6 Å². The third kappa shape index (κ3) is 4.97. The summed E-state index contributed by atoms with van der Waals surface area (Å²) in [7, 11) is 0. The molecular weight excluding hydrogens is 404 g/mol. The van der Waals surface area contributed by atoms with Gasteiger partial charge in [0, 0.05) is 32.7 Å². The fraction of sp³-hybridized carbons (Fsp3) is 0.292. The average Bonchev–Trinajstić information content (AvgIpc) is 2.82. The number of nitrogens with one attached hydrogen (secondary N) is 1. The van der Waals surface area contributed by atoms with Crippen molar-refractivity contribution < 1.29 is 9.53 Å².